The summed E-state index contributed by atoms with van der Waals surface area (Å²) in [5, 5.41) is 6.24. The van der Waals surface area contributed by atoms with Crippen molar-refractivity contribution in [3.05, 3.63) is 58.3 Å². The Balaban J connectivity index is 2.10. The third-order valence-corrected chi connectivity index (χ3v) is 3.40. The lowest BCUT2D eigenvalue weighted by atomic mass is 10.1. The summed E-state index contributed by atoms with van der Waals surface area (Å²) >= 11 is 1.44. The number of hydrogen-bond acceptors (Lipinski definition) is 4. The van der Waals surface area contributed by atoms with E-state index in [9.17, 15) is 9.59 Å². The number of rotatable bonds is 5. The topological polar surface area (TPSA) is 55.4 Å². The Morgan fingerprint density at radius 1 is 1.25 bits per heavy atom. The van der Waals surface area contributed by atoms with Gasteiger partial charge in [-0.25, -0.2) is 4.79 Å². The van der Waals surface area contributed by atoms with E-state index in [1.165, 1.54) is 18.3 Å². The highest BCUT2D eigenvalue weighted by atomic mass is 32.1. The molecule has 20 heavy (non-hydrogen) atoms. The number of esters is 1. The van der Waals surface area contributed by atoms with Crippen LogP contribution in [0, 0.1) is 0 Å². The van der Waals surface area contributed by atoms with Gasteiger partial charge in [-0.05, 0) is 17.0 Å². The zero-order chi connectivity index (χ0) is 14.4. The second-order valence-electron chi connectivity index (χ2n) is 4.25. The van der Waals surface area contributed by atoms with Crippen molar-refractivity contribution in [2.45, 2.75) is 13.0 Å². The van der Waals surface area contributed by atoms with Crippen molar-refractivity contribution in [3.63, 3.8) is 0 Å². The molecule has 1 atom stereocenters. The maximum absolute atomic E-state index is 12.0. The summed E-state index contributed by atoms with van der Waals surface area (Å²) in [7, 11) is 0. The molecule has 0 aliphatic rings. The highest BCUT2D eigenvalue weighted by Crippen LogP contribution is 2.19. The Hall–Kier alpha value is -2.14. The summed E-state index contributed by atoms with van der Waals surface area (Å²) in [6.45, 7) is 1.69. The standard InChI is InChI=1S/C15H15NO3S/c1-11(17)16-9-14(12-5-3-2-4-6-12)19-15(18)13-7-8-20-10-13/h2-8,10,14H,9H2,1H3,(H,16,17)/t14-/m1/s1. The van der Waals surface area contributed by atoms with Crippen molar-refractivity contribution in [1.29, 1.82) is 0 Å². The summed E-state index contributed by atoms with van der Waals surface area (Å²) in [6.07, 6.45) is -0.493. The minimum Gasteiger partial charge on any atom is -0.452 e. The first-order valence-electron chi connectivity index (χ1n) is 6.19. The van der Waals surface area contributed by atoms with Crippen molar-refractivity contribution in [3.8, 4) is 0 Å². The average molecular weight is 289 g/mol. The van der Waals surface area contributed by atoms with E-state index in [1.807, 2.05) is 35.7 Å². The minimum atomic E-state index is -0.493. The largest absolute Gasteiger partial charge is 0.452 e. The first-order valence-corrected chi connectivity index (χ1v) is 7.13. The van der Waals surface area contributed by atoms with Crippen molar-refractivity contribution in [2.24, 2.45) is 0 Å². The molecule has 4 nitrogen and oxygen atoms in total. The zero-order valence-corrected chi connectivity index (χ0v) is 11.9. The first-order chi connectivity index (χ1) is 9.66. The van der Waals surface area contributed by atoms with Crippen LogP contribution >= 0.6 is 11.3 Å². The van der Waals surface area contributed by atoms with Crippen molar-refractivity contribution in [2.75, 3.05) is 6.54 Å². The molecule has 2 aromatic rings. The predicted molar refractivity (Wildman–Crippen MR) is 77.6 cm³/mol. The second kappa shape index (κ2) is 6.86. The molecule has 104 valence electrons. The van der Waals surface area contributed by atoms with Gasteiger partial charge in [-0.3, -0.25) is 4.79 Å². The van der Waals surface area contributed by atoms with Gasteiger partial charge in [0.2, 0.25) is 5.91 Å². The number of thiophene rings is 1. The lowest BCUT2D eigenvalue weighted by molar-refractivity contribution is -0.119. The van der Waals surface area contributed by atoms with Crippen LogP contribution in [0.1, 0.15) is 28.9 Å². The molecule has 0 saturated carbocycles. The zero-order valence-electron chi connectivity index (χ0n) is 11.0. The smallest absolute Gasteiger partial charge is 0.339 e. The quantitative estimate of drug-likeness (QED) is 0.861. The van der Waals surface area contributed by atoms with Gasteiger partial charge < -0.3 is 10.1 Å². The van der Waals surface area contributed by atoms with E-state index in [0.29, 0.717) is 5.56 Å². The normalized spacial score (nSPS) is 11.7. The van der Waals surface area contributed by atoms with E-state index >= 15 is 0 Å². The van der Waals surface area contributed by atoms with E-state index in [1.54, 1.807) is 11.4 Å². The molecular formula is C15H15NO3S. The van der Waals surface area contributed by atoms with Crippen LogP contribution in [0.2, 0.25) is 0 Å². The number of ether oxygens (including phenoxy) is 1. The molecule has 0 spiro atoms. The predicted octanol–water partition coefficient (Wildman–Crippen LogP) is 2.78. The molecule has 0 bridgehead atoms. The molecule has 1 N–H and O–H groups in total. The third-order valence-electron chi connectivity index (χ3n) is 2.71. The van der Waals surface area contributed by atoms with Gasteiger partial charge in [0.1, 0.15) is 6.10 Å². The van der Waals surface area contributed by atoms with Gasteiger partial charge in [-0.2, -0.15) is 11.3 Å². The number of carbonyl (C=O) groups is 2. The van der Waals surface area contributed by atoms with E-state index in [4.69, 9.17) is 4.74 Å². The fraction of sp³-hybridized carbons (Fsp3) is 0.200. The van der Waals surface area contributed by atoms with Gasteiger partial charge in [0.15, 0.2) is 0 Å². The Kier molecular flexibility index (Phi) is 4.90. The summed E-state index contributed by atoms with van der Waals surface area (Å²) in [6, 6.07) is 11.1. The van der Waals surface area contributed by atoms with Crippen molar-refractivity contribution >= 4 is 23.2 Å². The van der Waals surface area contributed by atoms with E-state index < -0.39 is 6.10 Å². The maximum Gasteiger partial charge on any atom is 0.339 e. The van der Waals surface area contributed by atoms with Crippen LogP contribution in [0.3, 0.4) is 0 Å². The van der Waals surface area contributed by atoms with Gasteiger partial charge in [-0.15, -0.1) is 0 Å². The fourth-order valence-corrected chi connectivity index (χ4v) is 2.33. The molecule has 0 fully saturated rings. The molecule has 1 amide bonds. The fourth-order valence-electron chi connectivity index (χ4n) is 1.71. The Labute approximate surface area is 121 Å². The highest BCUT2D eigenvalue weighted by Gasteiger charge is 2.18. The van der Waals surface area contributed by atoms with Crippen molar-refractivity contribution < 1.29 is 14.3 Å². The van der Waals surface area contributed by atoms with Gasteiger partial charge in [-0.1, -0.05) is 30.3 Å². The van der Waals surface area contributed by atoms with Gasteiger partial charge in [0.05, 0.1) is 12.1 Å². The molecule has 5 heteroatoms. The molecule has 0 aliphatic carbocycles. The Morgan fingerprint density at radius 3 is 2.60 bits per heavy atom. The summed E-state index contributed by atoms with van der Waals surface area (Å²) in [4.78, 5) is 23.0. The monoisotopic (exact) mass is 289 g/mol. The molecule has 0 saturated heterocycles. The van der Waals surface area contributed by atoms with E-state index in [-0.39, 0.29) is 18.4 Å². The van der Waals surface area contributed by atoms with E-state index in [0.717, 1.165) is 5.56 Å². The lowest BCUT2D eigenvalue weighted by Crippen LogP contribution is -2.28. The van der Waals surface area contributed by atoms with E-state index in [2.05, 4.69) is 5.32 Å². The third kappa shape index (κ3) is 3.93. The lowest BCUT2D eigenvalue weighted by Gasteiger charge is -2.18. The molecule has 1 heterocycles. The Bertz CT molecular complexity index is 566. The van der Waals surface area contributed by atoms with Crippen LogP contribution in [-0.4, -0.2) is 18.4 Å². The second-order valence-corrected chi connectivity index (χ2v) is 5.03. The SMILES string of the molecule is CC(=O)NC[C@@H](OC(=O)c1ccsc1)c1ccccc1. The summed E-state index contributed by atoms with van der Waals surface area (Å²) < 4.78 is 5.48. The average Bonchev–Trinajstić information content (AvgIpc) is 2.98. The van der Waals surface area contributed by atoms with Crippen LogP contribution in [0.25, 0.3) is 0 Å². The van der Waals surface area contributed by atoms with Crippen LogP contribution in [-0.2, 0) is 9.53 Å². The maximum atomic E-state index is 12.0. The molecular weight excluding hydrogens is 274 g/mol. The van der Waals surface area contributed by atoms with Crippen LogP contribution in [0.4, 0.5) is 0 Å². The van der Waals surface area contributed by atoms with Crippen LogP contribution in [0.15, 0.2) is 47.2 Å². The van der Waals surface area contributed by atoms with Gasteiger partial charge in [0.25, 0.3) is 0 Å². The van der Waals surface area contributed by atoms with Crippen LogP contribution < -0.4 is 5.32 Å². The molecule has 1 aromatic heterocycles. The Morgan fingerprint density at radius 2 is 2.00 bits per heavy atom. The van der Waals surface area contributed by atoms with Crippen LogP contribution in [0.5, 0.6) is 0 Å². The summed E-state index contributed by atoms with van der Waals surface area (Å²) in [5.41, 5.74) is 1.38. The number of carbonyl (C=O) groups excluding carboxylic acids is 2. The number of nitrogens with one attached hydrogen (secondary N) is 1. The molecule has 1 aromatic carbocycles. The molecule has 0 aliphatic heterocycles. The number of hydrogen-bond donors (Lipinski definition) is 1. The van der Waals surface area contributed by atoms with Crippen molar-refractivity contribution in [1.82, 2.24) is 5.32 Å². The highest BCUT2D eigenvalue weighted by molar-refractivity contribution is 7.08. The molecule has 0 unspecified atom stereocenters. The molecule has 2 rings (SSSR count). The molecule has 0 radical (unpaired) electrons. The first kappa shape index (κ1) is 14.3. The minimum absolute atomic E-state index is 0.155. The van der Waals surface area contributed by atoms with Gasteiger partial charge >= 0.3 is 5.97 Å². The van der Waals surface area contributed by atoms with Gasteiger partial charge in [0, 0.05) is 12.3 Å². The number of benzene rings is 1. The number of amides is 1. The summed E-state index contributed by atoms with van der Waals surface area (Å²) in [5.74, 6) is -0.539.